The first-order chi connectivity index (χ1) is 10.2. The monoisotopic (exact) mass is 281 g/mol. The highest BCUT2D eigenvalue weighted by atomic mass is 19.1. The Morgan fingerprint density at radius 3 is 2.71 bits per heavy atom. The molecule has 0 saturated heterocycles. The van der Waals surface area contributed by atoms with Crippen molar-refractivity contribution in [1.82, 2.24) is 9.78 Å². The SMILES string of the molecule is O=C(Nc1cccc(-n2cccn2)c1)c1cccc(F)c1. The van der Waals surface area contributed by atoms with Crippen molar-refractivity contribution < 1.29 is 9.18 Å². The number of aromatic nitrogens is 2. The summed E-state index contributed by atoms with van der Waals surface area (Å²) in [5.41, 5.74) is 1.73. The van der Waals surface area contributed by atoms with Crippen molar-refractivity contribution in [1.29, 1.82) is 0 Å². The lowest BCUT2D eigenvalue weighted by atomic mass is 10.2. The Kier molecular flexibility index (Phi) is 3.47. The van der Waals surface area contributed by atoms with Crippen LogP contribution in [0.4, 0.5) is 10.1 Å². The topological polar surface area (TPSA) is 46.9 Å². The number of hydrogen-bond donors (Lipinski definition) is 1. The predicted octanol–water partition coefficient (Wildman–Crippen LogP) is 3.26. The summed E-state index contributed by atoms with van der Waals surface area (Å²) in [6, 6.07) is 14.7. The third kappa shape index (κ3) is 2.97. The molecular formula is C16H12FN3O. The molecule has 0 spiro atoms. The average Bonchev–Trinajstić information content (AvgIpc) is 3.02. The van der Waals surface area contributed by atoms with Gasteiger partial charge in [0.25, 0.3) is 5.91 Å². The summed E-state index contributed by atoms with van der Waals surface area (Å²) in [7, 11) is 0. The van der Waals surface area contributed by atoms with Gasteiger partial charge in [-0.1, -0.05) is 12.1 Å². The van der Waals surface area contributed by atoms with Gasteiger partial charge in [-0.25, -0.2) is 9.07 Å². The summed E-state index contributed by atoms with van der Waals surface area (Å²) < 4.78 is 14.8. The van der Waals surface area contributed by atoms with E-state index in [0.717, 1.165) is 5.69 Å². The second-order valence-corrected chi connectivity index (χ2v) is 4.47. The van der Waals surface area contributed by atoms with Crippen LogP contribution in [-0.2, 0) is 0 Å². The highest BCUT2D eigenvalue weighted by molar-refractivity contribution is 6.04. The average molecular weight is 281 g/mol. The van der Waals surface area contributed by atoms with Gasteiger partial charge in [-0.15, -0.1) is 0 Å². The molecule has 104 valence electrons. The standard InChI is InChI=1S/C16H12FN3O/c17-13-5-1-4-12(10-13)16(21)19-14-6-2-7-15(11-14)20-9-3-8-18-20/h1-11H,(H,19,21). The maximum atomic E-state index is 13.1. The predicted molar refractivity (Wildman–Crippen MR) is 77.9 cm³/mol. The summed E-state index contributed by atoms with van der Waals surface area (Å²) in [5.74, 6) is -0.792. The lowest BCUT2D eigenvalue weighted by Gasteiger charge is -2.07. The van der Waals surface area contributed by atoms with Crippen LogP contribution in [0, 0.1) is 5.82 Å². The van der Waals surface area contributed by atoms with Crippen molar-refractivity contribution in [3.8, 4) is 5.69 Å². The van der Waals surface area contributed by atoms with Gasteiger partial charge in [0.1, 0.15) is 5.82 Å². The van der Waals surface area contributed by atoms with Crippen LogP contribution >= 0.6 is 0 Å². The molecule has 1 heterocycles. The van der Waals surface area contributed by atoms with E-state index in [-0.39, 0.29) is 11.5 Å². The number of carbonyl (C=O) groups excluding carboxylic acids is 1. The molecule has 0 aliphatic carbocycles. The number of benzene rings is 2. The summed E-state index contributed by atoms with van der Waals surface area (Å²) in [6.07, 6.45) is 3.49. The number of hydrogen-bond acceptors (Lipinski definition) is 2. The third-order valence-electron chi connectivity index (χ3n) is 2.96. The maximum Gasteiger partial charge on any atom is 0.255 e. The van der Waals surface area contributed by atoms with E-state index in [0.29, 0.717) is 5.69 Å². The molecule has 3 aromatic rings. The number of rotatable bonds is 3. The van der Waals surface area contributed by atoms with Crippen LogP contribution < -0.4 is 5.32 Å². The van der Waals surface area contributed by atoms with Gasteiger partial charge in [0.15, 0.2) is 0 Å². The van der Waals surface area contributed by atoms with Gasteiger partial charge in [-0.2, -0.15) is 5.10 Å². The van der Waals surface area contributed by atoms with Crippen LogP contribution in [0.15, 0.2) is 67.0 Å². The fraction of sp³-hybridized carbons (Fsp3) is 0. The van der Waals surface area contributed by atoms with Crippen LogP contribution in [-0.4, -0.2) is 15.7 Å². The molecule has 0 aliphatic rings. The van der Waals surface area contributed by atoms with E-state index in [1.165, 1.54) is 18.2 Å². The van der Waals surface area contributed by atoms with E-state index >= 15 is 0 Å². The molecule has 0 aliphatic heterocycles. The molecule has 0 unspecified atom stereocenters. The van der Waals surface area contributed by atoms with Gasteiger partial charge in [-0.3, -0.25) is 4.79 Å². The molecule has 0 saturated carbocycles. The van der Waals surface area contributed by atoms with Crippen LogP contribution in [0.3, 0.4) is 0 Å². The largest absolute Gasteiger partial charge is 0.322 e. The Morgan fingerprint density at radius 1 is 1.10 bits per heavy atom. The van der Waals surface area contributed by atoms with E-state index in [1.807, 2.05) is 24.4 Å². The fourth-order valence-corrected chi connectivity index (χ4v) is 1.98. The number of carbonyl (C=O) groups is 1. The number of nitrogens with one attached hydrogen (secondary N) is 1. The quantitative estimate of drug-likeness (QED) is 0.801. The number of anilines is 1. The second-order valence-electron chi connectivity index (χ2n) is 4.47. The van der Waals surface area contributed by atoms with E-state index in [4.69, 9.17) is 0 Å². The molecule has 1 N–H and O–H groups in total. The Balaban J connectivity index is 1.82. The van der Waals surface area contributed by atoms with Crippen LogP contribution in [0.2, 0.25) is 0 Å². The fourth-order valence-electron chi connectivity index (χ4n) is 1.98. The first kappa shape index (κ1) is 13.1. The lowest BCUT2D eigenvalue weighted by molar-refractivity contribution is 0.102. The van der Waals surface area contributed by atoms with Gasteiger partial charge in [0.05, 0.1) is 5.69 Å². The Bertz CT molecular complexity index is 769. The second kappa shape index (κ2) is 5.58. The molecule has 1 aromatic heterocycles. The zero-order valence-electron chi connectivity index (χ0n) is 11.0. The van der Waals surface area contributed by atoms with Crippen molar-refractivity contribution in [3.05, 3.63) is 78.4 Å². The Labute approximate surface area is 120 Å². The molecule has 21 heavy (non-hydrogen) atoms. The van der Waals surface area contributed by atoms with E-state index in [2.05, 4.69) is 10.4 Å². The normalized spacial score (nSPS) is 10.3. The van der Waals surface area contributed by atoms with Gasteiger partial charge in [0.2, 0.25) is 0 Å². The van der Waals surface area contributed by atoms with Gasteiger partial charge in [0, 0.05) is 23.6 Å². The maximum absolute atomic E-state index is 13.1. The Hall–Kier alpha value is -2.95. The molecule has 0 bridgehead atoms. The van der Waals surface area contributed by atoms with Crippen LogP contribution in [0.1, 0.15) is 10.4 Å². The first-order valence-electron chi connectivity index (χ1n) is 6.39. The minimum Gasteiger partial charge on any atom is -0.322 e. The highest BCUT2D eigenvalue weighted by Gasteiger charge is 2.07. The van der Waals surface area contributed by atoms with Crippen molar-refractivity contribution in [2.75, 3.05) is 5.32 Å². The number of amides is 1. The molecule has 3 rings (SSSR count). The number of halogens is 1. The molecular weight excluding hydrogens is 269 g/mol. The summed E-state index contributed by atoms with van der Waals surface area (Å²) >= 11 is 0. The van der Waals surface area contributed by atoms with Crippen molar-refractivity contribution >= 4 is 11.6 Å². The van der Waals surface area contributed by atoms with Crippen LogP contribution in [0.25, 0.3) is 5.69 Å². The molecule has 2 aromatic carbocycles. The van der Waals surface area contributed by atoms with Crippen molar-refractivity contribution in [2.45, 2.75) is 0 Å². The molecule has 4 nitrogen and oxygen atoms in total. The summed E-state index contributed by atoms with van der Waals surface area (Å²) in [4.78, 5) is 12.1. The zero-order valence-corrected chi connectivity index (χ0v) is 11.0. The first-order valence-corrected chi connectivity index (χ1v) is 6.39. The molecule has 0 atom stereocenters. The smallest absolute Gasteiger partial charge is 0.255 e. The summed E-state index contributed by atoms with van der Waals surface area (Å²) in [6.45, 7) is 0. The molecule has 5 heteroatoms. The molecule has 0 radical (unpaired) electrons. The van der Waals surface area contributed by atoms with Gasteiger partial charge >= 0.3 is 0 Å². The lowest BCUT2D eigenvalue weighted by Crippen LogP contribution is -2.12. The Morgan fingerprint density at radius 2 is 1.95 bits per heavy atom. The summed E-state index contributed by atoms with van der Waals surface area (Å²) in [5, 5.41) is 6.87. The third-order valence-corrected chi connectivity index (χ3v) is 2.96. The minimum atomic E-state index is -0.437. The van der Waals surface area contributed by atoms with E-state index in [9.17, 15) is 9.18 Å². The number of nitrogens with zero attached hydrogens (tertiary/aromatic N) is 2. The van der Waals surface area contributed by atoms with Gasteiger partial charge < -0.3 is 5.32 Å². The van der Waals surface area contributed by atoms with Gasteiger partial charge in [-0.05, 0) is 42.5 Å². The molecule has 0 fully saturated rings. The van der Waals surface area contributed by atoms with Crippen molar-refractivity contribution in [3.63, 3.8) is 0 Å². The van der Waals surface area contributed by atoms with Crippen LogP contribution in [0.5, 0.6) is 0 Å². The van der Waals surface area contributed by atoms with E-state index in [1.54, 1.807) is 29.1 Å². The highest BCUT2D eigenvalue weighted by Crippen LogP contribution is 2.15. The zero-order chi connectivity index (χ0) is 14.7. The van der Waals surface area contributed by atoms with Crippen molar-refractivity contribution in [2.24, 2.45) is 0 Å². The minimum absolute atomic E-state index is 0.277. The molecule has 1 amide bonds. The van der Waals surface area contributed by atoms with E-state index < -0.39 is 5.82 Å².